The van der Waals surface area contributed by atoms with Crippen molar-refractivity contribution in [2.24, 2.45) is 0 Å². The van der Waals surface area contributed by atoms with Gasteiger partial charge in [-0.25, -0.2) is 9.37 Å². The lowest BCUT2D eigenvalue weighted by Crippen LogP contribution is -2.23. The number of hydrogen-bond donors (Lipinski definition) is 0. The zero-order valence-corrected chi connectivity index (χ0v) is 7.43. The summed E-state index contributed by atoms with van der Waals surface area (Å²) in [6, 6.07) is 0. The van der Waals surface area contributed by atoms with Crippen LogP contribution in [-0.2, 0) is 6.42 Å². The van der Waals surface area contributed by atoms with Crippen LogP contribution in [0.15, 0.2) is 10.6 Å². The SMILES string of the molecule is CCC(F)(CC)Cc1nc[c]o1. The molecule has 0 amide bonds. The molecule has 0 unspecified atom stereocenters. The van der Waals surface area contributed by atoms with Gasteiger partial charge in [0.05, 0.1) is 12.6 Å². The van der Waals surface area contributed by atoms with Gasteiger partial charge in [0, 0.05) is 0 Å². The second-order valence-electron chi connectivity index (χ2n) is 2.91. The minimum Gasteiger partial charge on any atom is -0.437 e. The summed E-state index contributed by atoms with van der Waals surface area (Å²) < 4.78 is 18.6. The van der Waals surface area contributed by atoms with Crippen LogP contribution in [0.25, 0.3) is 0 Å². The molecule has 1 rings (SSSR count). The van der Waals surface area contributed by atoms with Crippen LogP contribution in [0.4, 0.5) is 4.39 Å². The first-order chi connectivity index (χ1) is 5.70. The number of halogens is 1. The Balaban J connectivity index is 2.60. The fraction of sp³-hybridized carbons (Fsp3) is 0.667. The van der Waals surface area contributed by atoms with Gasteiger partial charge in [-0.2, -0.15) is 0 Å². The molecular weight excluding hydrogens is 157 g/mol. The number of hydrogen-bond acceptors (Lipinski definition) is 2. The van der Waals surface area contributed by atoms with Gasteiger partial charge in [-0.15, -0.1) is 0 Å². The average Bonchev–Trinajstić information content (AvgIpc) is 2.57. The van der Waals surface area contributed by atoms with Crippen molar-refractivity contribution in [2.45, 2.75) is 38.8 Å². The molecule has 0 saturated heterocycles. The number of rotatable bonds is 4. The molecule has 0 saturated carbocycles. The lowest BCUT2D eigenvalue weighted by atomic mass is 9.96. The molecule has 1 aromatic heterocycles. The summed E-state index contributed by atoms with van der Waals surface area (Å²) >= 11 is 0. The summed E-state index contributed by atoms with van der Waals surface area (Å²) in [5.74, 6) is 0.432. The van der Waals surface area contributed by atoms with E-state index in [1.54, 1.807) is 0 Å². The smallest absolute Gasteiger partial charge is 0.198 e. The van der Waals surface area contributed by atoms with Crippen molar-refractivity contribution in [3.05, 3.63) is 18.4 Å². The van der Waals surface area contributed by atoms with Crippen LogP contribution in [0.5, 0.6) is 0 Å². The maximum absolute atomic E-state index is 13.7. The molecule has 2 nitrogen and oxygen atoms in total. The van der Waals surface area contributed by atoms with Crippen molar-refractivity contribution in [3.8, 4) is 0 Å². The van der Waals surface area contributed by atoms with E-state index < -0.39 is 5.67 Å². The van der Waals surface area contributed by atoms with E-state index in [9.17, 15) is 4.39 Å². The van der Waals surface area contributed by atoms with E-state index in [1.807, 2.05) is 13.8 Å². The van der Waals surface area contributed by atoms with E-state index in [4.69, 9.17) is 4.42 Å². The predicted molar refractivity (Wildman–Crippen MR) is 43.5 cm³/mol. The quantitative estimate of drug-likeness (QED) is 0.694. The highest BCUT2D eigenvalue weighted by atomic mass is 19.1. The van der Waals surface area contributed by atoms with E-state index >= 15 is 0 Å². The third-order valence-electron chi connectivity index (χ3n) is 2.17. The summed E-state index contributed by atoms with van der Waals surface area (Å²) in [4.78, 5) is 3.83. The summed E-state index contributed by atoms with van der Waals surface area (Å²) in [5.41, 5.74) is -1.17. The van der Waals surface area contributed by atoms with E-state index in [2.05, 4.69) is 11.2 Å². The Morgan fingerprint density at radius 1 is 1.58 bits per heavy atom. The van der Waals surface area contributed by atoms with Crippen LogP contribution in [0.3, 0.4) is 0 Å². The second kappa shape index (κ2) is 3.70. The molecule has 12 heavy (non-hydrogen) atoms. The van der Waals surface area contributed by atoms with Crippen LogP contribution in [0.1, 0.15) is 32.6 Å². The molecule has 0 aromatic carbocycles. The molecule has 0 bridgehead atoms. The molecule has 1 heterocycles. The predicted octanol–water partition coefficient (Wildman–Crippen LogP) is 2.55. The van der Waals surface area contributed by atoms with E-state index in [-0.39, 0.29) is 6.42 Å². The Morgan fingerprint density at radius 2 is 2.25 bits per heavy atom. The van der Waals surface area contributed by atoms with Crippen LogP contribution >= 0.6 is 0 Å². The number of alkyl halides is 1. The van der Waals surface area contributed by atoms with Gasteiger partial charge in [0.15, 0.2) is 12.2 Å². The zero-order valence-electron chi connectivity index (χ0n) is 7.43. The normalized spacial score (nSPS) is 11.9. The maximum Gasteiger partial charge on any atom is 0.198 e. The third-order valence-corrected chi connectivity index (χ3v) is 2.17. The molecule has 0 spiro atoms. The summed E-state index contributed by atoms with van der Waals surface area (Å²) in [6.45, 7) is 3.66. The fourth-order valence-electron chi connectivity index (χ4n) is 1.07. The van der Waals surface area contributed by atoms with Crippen molar-refractivity contribution in [1.29, 1.82) is 0 Å². The molecule has 1 radical (unpaired) electrons. The van der Waals surface area contributed by atoms with Gasteiger partial charge >= 0.3 is 0 Å². The van der Waals surface area contributed by atoms with Gasteiger partial charge < -0.3 is 4.42 Å². The van der Waals surface area contributed by atoms with Gasteiger partial charge in [0.25, 0.3) is 0 Å². The largest absolute Gasteiger partial charge is 0.437 e. The van der Waals surface area contributed by atoms with Crippen molar-refractivity contribution < 1.29 is 8.81 Å². The fourth-order valence-corrected chi connectivity index (χ4v) is 1.07. The second-order valence-corrected chi connectivity index (χ2v) is 2.91. The van der Waals surface area contributed by atoms with Crippen molar-refractivity contribution in [2.75, 3.05) is 0 Å². The molecule has 0 aliphatic rings. The minimum atomic E-state index is -1.17. The molecule has 3 heteroatoms. The van der Waals surface area contributed by atoms with Gasteiger partial charge in [-0.1, -0.05) is 13.8 Å². The van der Waals surface area contributed by atoms with Crippen molar-refractivity contribution >= 4 is 0 Å². The Hall–Kier alpha value is -0.860. The number of oxazole rings is 1. The first-order valence-electron chi connectivity index (χ1n) is 4.20. The van der Waals surface area contributed by atoms with Crippen LogP contribution in [0.2, 0.25) is 0 Å². The molecule has 0 N–H and O–H groups in total. The van der Waals surface area contributed by atoms with Crippen LogP contribution in [-0.4, -0.2) is 10.7 Å². The highest BCUT2D eigenvalue weighted by Crippen LogP contribution is 2.24. The lowest BCUT2D eigenvalue weighted by Gasteiger charge is -2.19. The highest BCUT2D eigenvalue weighted by molar-refractivity contribution is 4.89. The monoisotopic (exact) mass is 170 g/mol. The van der Waals surface area contributed by atoms with Gasteiger partial charge in [-0.05, 0) is 12.8 Å². The van der Waals surface area contributed by atoms with Crippen molar-refractivity contribution in [3.63, 3.8) is 0 Å². The molecule has 1 aromatic rings. The lowest BCUT2D eigenvalue weighted by molar-refractivity contribution is 0.140. The van der Waals surface area contributed by atoms with Gasteiger partial charge in [0.1, 0.15) is 5.67 Å². The van der Waals surface area contributed by atoms with Crippen LogP contribution in [0, 0.1) is 6.26 Å². The van der Waals surface area contributed by atoms with Gasteiger partial charge in [-0.3, -0.25) is 0 Å². The Kier molecular flexibility index (Phi) is 2.84. The van der Waals surface area contributed by atoms with E-state index in [1.165, 1.54) is 6.20 Å². The first kappa shape index (κ1) is 9.23. The highest BCUT2D eigenvalue weighted by Gasteiger charge is 2.27. The number of nitrogens with zero attached hydrogens (tertiary/aromatic N) is 1. The summed E-state index contributed by atoms with van der Waals surface area (Å²) in [6.07, 6.45) is 5.10. The molecule has 0 aliphatic heterocycles. The van der Waals surface area contributed by atoms with Crippen LogP contribution < -0.4 is 0 Å². The minimum absolute atomic E-state index is 0.253. The molecule has 67 valence electrons. The first-order valence-corrected chi connectivity index (χ1v) is 4.20. The average molecular weight is 170 g/mol. The van der Waals surface area contributed by atoms with Crippen molar-refractivity contribution in [1.82, 2.24) is 4.98 Å². The Bertz CT molecular complexity index is 216. The molecule has 0 atom stereocenters. The molecule has 0 fully saturated rings. The van der Waals surface area contributed by atoms with E-state index in [0.717, 1.165) is 0 Å². The summed E-state index contributed by atoms with van der Waals surface area (Å²) in [7, 11) is 0. The zero-order chi connectivity index (χ0) is 9.03. The topological polar surface area (TPSA) is 26.0 Å². The Morgan fingerprint density at radius 3 is 2.67 bits per heavy atom. The standard InChI is InChI=1S/C9H13FNO/c1-3-9(10,4-2)7-8-11-5-6-12-8/h5H,3-4,7H2,1-2H3. The van der Waals surface area contributed by atoms with E-state index in [0.29, 0.717) is 18.7 Å². The molecular formula is C9H13FNO. The van der Waals surface area contributed by atoms with Gasteiger partial charge in [0.2, 0.25) is 0 Å². The molecule has 0 aliphatic carbocycles. The Labute approximate surface area is 71.8 Å². The maximum atomic E-state index is 13.7. The summed E-state index contributed by atoms with van der Waals surface area (Å²) in [5, 5.41) is 0. The number of aromatic nitrogens is 1. The third kappa shape index (κ3) is 2.06.